The molecular formula is C19H14N2O4S. The summed E-state index contributed by atoms with van der Waals surface area (Å²) in [5.74, 6) is -0.646. The number of rotatable bonds is 3. The molecule has 0 atom stereocenters. The van der Waals surface area contributed by atoms with Crippen molar-refractivity contribution < 1.29 is 13.5 Å². The normalized spacial score (nSPS) is 11.7. The van der Waals surface area contributed by atoms with Gasteiger partial charge in [0.15, 0.2) is 0 Å². The third-order valence-corrected chi connectivity index (χ3v) is 5.80. The predicted octanol–water partition coefficient (Wildman–Crippen LogP) is 2.73. The van der Waals surface area contributed by atoms with Gasteiger partial charge in [0.25, 0.3) is 10.0 Å². The van der Waals surface area contributed by atoms with Crippen LogP contribution in [0.1, 0.15) is 0 Å². The van der Waals surface area contributed by atoms with Gasteiger partial charge in [-0.25, -0.2) is 13.2 Å². The van der Waals surface area contributed by atoms with Gasteiger partial charge in [-0.1, -0.05) is 48.5 Å². The maximum Gasteiger partial charge on any atom is 0.350 e. The molecule has 4 aromatic rings. The Bertz CT molecular complexity index is 1270. The van der Waals surface area contributed by atoms with E-state index in [4.69, 9.17) is 0 Å². The van der Waals surface area contributed by atoms with E-state index in [1.807, 2.05) is 12.1 Å². The number of imidazole rings is 1. The number of nitrogens with zero attached hydrogens (tertiary/aromatic N) is 2. The first-order valence-corrected chi connectivity index (χ1v) is 9.26. The number of fused-ring (bicyclic) bond motifs is 1. The second kappa shape index (κ2) is 5.89. The minimum absolute atomic E-state index is 0.0700. The van der Waals surface area contributed by atoms with Crippen molar-refractivity contribution in [2.45, 2.75) is 4.90 Å². The highest BCUT2D eigenvalue weighted by Gasteiger charge is 2.25. The number of aromatic hydroxyl groups is 1. The molecule has 4 rings (SSSR count). The zero-order valence-corrected chi connectivity index (χ0v) is 14.3. The van der Waals surface area contributed by atoms with Crippen LogP contribution in [0.4, 0.5) is 0 Å². The van der Waals surface area contributed by atoms with Crippen LogP contribution in [0.15, 0.2) is 88.7 Å². The van der Waals surface area contributed by atoms with Gasteiger partial charge in [-0.05, 0) is 35.0 Å². The standard InChI is InChI=1S/C19H14N2O4S/c22-18-13-20(16-8-2-1-3-9-16)19(23)21(18)26(24,25)17-11-10-14-6-4-5-7-15(14)12-17/h1-13,22H. The van der Waals surface area contributed by atoms with E-state index in [1.54, 1.807) is 48.5 Å². The van der Waals surface area contributed by atoms with Crippen molar-refractivity contribution in [1.82, 2.24) is 8.54 Å². The summed E-state index contributed by atoms with van der Waals surface area (Å²) < 4.78 is 27.4. The van der Waals surface area contributed by atoms with Gasteiger partial charge in [0.05, 0.1) is 16.8 Å². The molecule has 1 aromatic heterocycles. The molecule has 26 heavy (non-hydrogen) atoms. The molecular weight excluding hydrogens is 352 g/mol. The third-order valence-electron chi connectivity index (χ3n) is 4.13. The fourth-order valence-electron chi connectivity index (χ4n) is 2.85. The van der Waals surface area contributed by atoms with Crippen LogP contribution in [0.25, 0.3) is 16.5 Å². The van der Waals surface area contributed by atoms with Gasteiger partial charge in [-0.2, -0.15) is 0 Å². The quantitative estimate of drug-likeness (QED) is 0.604. The van der Waals surface area contributed by atoms with Crippen LogP contribution < -0.4 is 5.69 Å². The molecule has 130 valence electrons. The number of hydrogen-bond acceptors (Lipinski definition) is 4. The minimum atomic E-state index is -4.25. The Morgan fingerprint density at radius 3 is 2.19 bits per heavy atom. The fourth-order valence-corrected chi connectivity index (χ4v) is 4.17. The summed E-state index contributed by atoms with van der Waals surface area (Å²) in [7, 11) is -4.25. The molecule has 6 nitrogen and oxygen atoms in total. The number of benzene rings is 3. The summed E-state index contributed by atoms with van der Waals surface area (Å²) >= 11 is 0. The van der Waals surface area contributed by atoms with Crippen molar-refractivity contribution in [3.05, 3.63) is 89.5 Å². The first kappa shape index (κ1) is 16.2. The van der Waals surface area contributed by atoms with E-state index >= 15 is 0 Å². The van der Waals surface area contributed by atoms with E-state index in [1.165, 1.54) is 12.1 Å². The Morgan fingerprint density at radius 1 is 0.808 bits per heavy atom. The largest absolute Gasteiger partial charge is 0.493 e. The molecule has 0 aliphatic rings. The maximum atomic E-state index is 13.0. The lowest BCUT2D eigenvalue weighted by atomic mass is 10.1. The Balaban J connectivity index is 1.91. The summed E-state index contributed by atoms with van der Waals surface area (Å²) in [5, 5.41) is 11.8. The highest BCUT2D eigenvalue weighted by molar-refractivity contribution is 7.90. The van der Waals surface area contributed by atoms with E-state index in [9.17, 15) is 18.3 Å². The third kappa shape index (κ3) is 2.49. The molecule has 7 heteroatoms. The molecule has 1 heterocycles. The Kier molecular flexibility index (Phi) is 3.66. The average Bonchev–Trinajstić information content (AvgIpc) is 2.97. The molecule has 0 bridgehead atoms. The molecule has 0 saturated heterocycles. The lowest BCUT2D eigenvalue weighted by Crippen LogP contribution is -2.28. The molecule has 0 aliphatic carbocycles. The molecule has 0 spiro atoms. The second-order valence-electron chi connectivity index (χ2n) is 5.75. The Labute approximate surface area is 149 Å². The Hall–Kier alpha value is -3.32. The minimum Gasteiger partial charge on any atom is -0.493 e. The first-order chi connectivity index (χ1) is 12.5. The van der Waals surface area contributed by atoms with Crippen LogP contribution in [0.2, 0.25) is 0 Å². The maximum absolute atomic E-state index is 13.0. The number of para-hydroxylation sites is 1. The topological polar surface area (TPSA) is 81.3 Å². The zero-order valence-electron chi connectivity index (χ0n) is 13.5. The van der Waals surface area contributed by atoms with Gasteiger partial charge in [-0.15, -0.1) is 3.97 Å². The van der Waals surface area contributed by atoms with Crippen LogP contribution in [0.5, 0.6) is 5.88 Å². The lowest BCUT2D eigenvalue weighted by Gasteiger charge is -2.07. The fraction of sp³-hybridized carbons (Fsp3) is 0. The van der Waals surface area contributed by atoms with Gasteiger partial charge in [0.1, 0.15) is 0 Å². The predicted molar refractivity (Wildman–Crippen MR) is 98.2 cm³/mol. The van der Waals surface area contributed by atoms with Crippen LogP contribution in [0, 0.1) is 0 Å². The van der Waals surface area contributed by atoms with Crippen LogP contribution in [0.3, 0.4) is 0 Å². The molecule has 0 amide bonds. The summed E-state index contributed by atoms with van der Waals surface area (Å²) in [6.45, 7) is 0. The molecule has 0 aliphatic heterocycles. The molecule has 0 saturated carbocycles. The van der Waals surface area contributed by atoms with Crippen molar-refractivity contribution >= 4 is 20.8 Å². The summed E-state index contributed by atoms with van der Waals surface area (Å²) in [5.41, 5.74) is -0.401. The molecule has 0 radical (unpaired) electrons. The summed E-state index contributed by atoms with van der Waals surface area (Å²) in [6.07, 6.45) is 1.09. The van der Waals surface area contributed by atoms with Gasteiger partial charge < -0.3 is 5.11 Å². The molecule has 3 aromatic carbocycles. The highest BCUT2D eigenvalue weighted by atomic mass is 32.2. The molecule has 0 unspecified atom stereocenters. The van der Waals surface area contributed by atoms with Gasteiger partial charge in [-0.3, -0.25) is 4.57 Å². The SMILES string of the molecule is O=c1n(-c2ccccc2)cc(O)n1S(=O)(=O)c1ccc2ccccc2c1. The smallest absolute Gasteiger partial charge is 0.350 e. The number of aromatic nitrogens is 2. The van der Waals surface area contributed by atoms with Gasteiger partial charge >= 0.3 is 5.69 Å². The van der Waals surface area contributed by atoms with Crippen molar-refractivity contribution in [3.63, 3.8) is 0 Å². The average molecular weight is 366 g/mol. The molecule has 0 fully saturated rings. The first-order valence-electron chi connectivity index (χ1n) is 7.82. The van der Waals surface area contributed by atoms with Crippen LogP contribution in [-0.4, -0.2) is 22.1 Å². The van der Waals surface area contributed by atoms with Gasteiger partial charge in [0, 0.05) is 0 Å². The van der Waals surface area contributed by atoms with Crippen molar-refractivity contribution in [3.8, 4) is 11.6 Å². The number of hydrogen-bond donors (Lipinski definition) is 1. The summed E-state index contributed by atoms with van der Waals surface area (Å²) in [4.78, 5) is 12.6. The summed E-state index contributed by atoms with van der Waals surface area (Å²) in [6, 6.07) is 20.4. The molecule has 1 N–H and O–H groups in total. The van der Waals surface area contributed by atoms with E-state index in [0.29, 0.717) is 9.66 Å². The van der Waals surface area contributed by atoms with Crippen molar-refractivity contribution in [2.75, 3.05) is 0 Å². The highest BCUT2D eigenvalue weighted by Crippen LogP contribution is 2.23. The monoisotopic (exact) mass is 366 g/mol. The van der Waals surface area contributed by atoms with Crippen LogP contribution in [-0.2, 0) is 10.0 Å². The second-order valence-corrected chi connectivity index (χ2v) is 7.54. The van der Waals surface area contributed by atoms with Crippen molar-refractivity contribution in [2.24, 2.45) is 0 Å². The van der Waals surface area contributed by atoms with E-state index in [-0.39, 0.29) is 4.90 Å². The van der Waals surface area contributed by atoms with E-state index in [2.05, 4.69) is 0 Å². The Morgan fingerprint density at radius 2 is 1.46 bits per heavy atom. The zero-order chi connectivity index (χ0) is 18.3. The van der Waals surface area contributed by atoms with Gasteiger partial charge in [0.2, 0.25) is 5.88 Å². The lowest BCUT2D eigenvalue weighted by molar-refractivity contribution is 0.443. The van der Waals surface area contributed by atoms with E-state index in [0.717, 1.165) is 21.5 Å². The van der Waals surface area contributed by atoms with Crippen LogP contribution >= 0.6 is 0 Å². The van der Waals surface area contributed by atoms with E-state index < -0.39 is 21.6 Å². The van der Waals surface area contributed by atoms with Crippen molar-refractivity contribution in [1.29, 1.82) is 0 Å².